The molecule has 2 fully saturated rings. The van der Waals surface area contributed by atoms with E-state index in [9.17, 15) is 4.79 Å². The Balaban J connectivity index is 1.51. The Hall–Kier alpha value is -2.57. The standard InChI is InChI=1S/C27H40N4O2/c1-7-27(32)30-12-10-25(11-13-30)31-16-24(17-31)23-8-9-26(19(2)14-23)33-18-21(4)22(5)20(3)15-29(6)28/h7-9,14-15,24-25H,1,10-13,16-18,28H2,2-6H3/b20-15+,22-21-. The van der Waals surface area contributed by atoms with Crippen LogP contribution in [0.15, 0.2) is 53.8 Å². The second-order valence-corrected chi connectivity index (χ2v) is 9.61. The van der Waals surface area contributed by atoms with Gasteiger partial charge in [0.15, 0.2) is 0 Å². The van der Waals surface area contributed by atoms with Gasteiger partial charge >= 0.3 is 0 Å². The first-order valence-electron chi connectivity index (χ1n) is 11.9. The summed E-state index contributed by atoms with van der Waals surface area (Å²) in [5, 5.41) is 1.57. The molecule has 33 heavy (non-hydrogen) atoms. The van der Waals surface area contributed by atoms with E-state index in [1.165, 1.54) is 28.3 Å². The lowest BCUT2D eigenvalue weighted by Crippen LogP contribution is -2.54. The van der Waals surface area contributed by atoms with Gasteiger partial charge in [-0.05, 0) is 80.5 Å². The molecule has 0 radical (unpaired) electrons. The summed E-state index contributed by atoms with van der Waals surface area (Å²) in [4.78, 5) is 16.3. The molecule has 180 valence electrons. The van der Waals surface area contributed by atoms with Crippen LogP contribution in [0, 0.1) is 6.92 Å². The largest absolute Gasteiger partial charge is 0.489 e. The summed E-state index contributed by atoms with van der Waals surface area (Å²) in [5.74, 6) is 7.31. The molecule has 6 heteroatoms. The van der Waals surface area contributed by atoms with Gasteiger partial charge in [0.25, 0.3) is 0 Å². The van der Waals surface area contributed by atoms with E-state index >= 15 is 0 Å². The van der Waals surface area contributed by atoms with Crippen molar-refractivity contribution in [1.29, 1.82) is 0 Å². The number of aryl methyl sites for hydroxylation is 1. The zero-order valence-corrected chi connectivity index (χ0v) is 20.9. The average molecular weight is 453 g/mol. The number of carbonyl (C=O) groups excluding carboxylic acids is 1. The van der Waals surface area contributed by atoms with Crippen LogP contribution in [0.1, 0.15) is 50.7 Å². The summed E-state index contributed by atoms with van der Waals surface area (Å²) in [5.41, 5.74) is 6.12. The number of hydrazine groups is 1. The molecule has 0 aromatic heterocycles. The van der Waals surface area contributed by atoms with E-state index in [1.807, 2.05) is 18.1 Å². The van der Waals surface area contributed by atoms with Crippen LogP contribution >= 0.6 is 0 Å². The zero-order valence-electron chi connectivity index (χ0n) is 20.9. The number of benzene rings is 1. The van der Waals surface area contributed by atoms with Gasteiger partial charge in [-0.1, -0.05) is 18.7 Å². The van der Waals surface area contributed by atoms with Crippen LogP contribution in [0.2, 0.25) is 0 Å². The fourth-order valence-electron chi connectivity index (χ4n) is 4.72. The number of nitrogens with zero attached hydrogens (tertiary/aromatic N) is 3. The van der Waals surface area contributed by atoms with Crippen molar-refractivity contribution < 1.29 is 9.53 Å². The third-order valence-electron chi connectivity index (χ3n) is 7.12. The highest BCUT2D eigenvalue weighted by Gasteiger charge is 2.35. The van der Waals surface area contributed by atoms with Gasteiger partial charge in [0.2, 0.25) is 5.91 Å². The number of amides is 1. The highest BCUT2D eigenvalue weighted by Crippen LogP contribution is 2.34. The molecule has 0 unspecified atom stereocenters. The van der Waals surface area contributed by atoms with Crippen molar-refractivity contribution in [3.8, 4) is 5.75 Å². The number of nitrogens with two attached hydrogens (primary N) is 1. The monoisotopic (exact) mass is 452 g/mol. The molecule has 0 spiro atoms. The van der Waals surface area contributed by atoms with Crippen molar-refractivity contribution >= 4 is 5.91 Å². The molecule has 2 N–H and O–H groups in total. The molecule has 0 saturated carbocycles. The number of likely N-dealkylation sites (tertiary alicyclic amines) is 2. The number of hydrogen-bond acceptors (Lipinski definition) is 5. The Morgan fingerprint density at radius 1 is 1.24 bits per heavy atom. The van der Waals surface area contributed by atoms with Gasteiger partial charge < -0.3 is 14.6 Å². The van der Waals surface area contributed by atoms with E-state index in [0.29, 0.717) is 18.6 Å². The predicted octanol–water partition coefficient (Wildman–Crippen LogP) is 4.00. The van der Waals surface area contributed by atoms with E-state index in [2.05, 4.69) is 57.4 Å². The Bertz CT molecular complexity index is 920. The predicted molar refractivity (Wildman–Crippen MR) is 135 cm³/mol. The molecule has 1 amide bonds. The molecule has 2 heterocycles. The number of allylic oxidation sites excluding steroid dienone is 2. The summed E-state index contributed by atoms with van der Waals surface area (Å²) in [6.07, 6.45) is 5.46. The lowest BCUT2D eigenvalue weighted by Gasteiger charge is -2.47. The summed E-state index contributed by atoms with van der Waals surface area (Å²) >= 11 is 0. The minimum Gasteiger partial charge on any atom is -0.489 e. The Morgan fingerprint density at radius 2 is 1.91 bits per heavy atom. The van der Waals surface area contributed by atoms with Crippen molar-refractivity contribution in [3.05, 3.63) is 64.9 Å². The van der Waals surface area contributed by atoms with Crippen molar-refractivity contribution in [2.75, 3.05) is 39.8 Å². The van der Waals surface area contributed by atoms with E-state index in [4.69, 9.17) is 10.6 Å². The summed E-state index contributed by atoms with van der Waals surface area (Å²) in [6, 6.07) is 7.21. The third-order valence-corrected chi connectivity index (χ3v) is 7.12. The Morgan fingerprint density at radius 3 is 2.48 bits per heavy atom. The van der Waals surface area contributed by atoms with Gasteiger partial charge in [-0.25, -0.2) is 5.84 Å². The zero-order chi connectivity index (χ0) is 24.1. The lowest BCUT2D eigenvalue weighted by molar-refractivity contribution is -0.127. The maximum atomic E-state index is 11.8. The summed E-state index contributed by atoms with van der Waals surface area (Å²) < 4.78 is 6.14. The van der Waals surface area contributed by atoms with Crippen LogP contribution in [0.25, 0.3) is 0 Å². The molecule has 1 aromatic rings. The molecule has 3 rings (SSSR count). The third kappa shape index (κ3) is 6.27. The number of carbonyl (C=O) groups is 1. The molecule has 2 aliphatic rings. The second-order valence-electron chi connectivity index (χ2n) is 9.61. The normalized spacial score (nSPS) is 19.1. The molecule has 0 bridgehead atoms. The van der Waals surface area contributed by atoms with Crippen molar-refractivity contribution in [2.24, 2.45) is 5.84 Å². The smallest absolute Gasteiger partial charge is 0.245 e. The maximum Gasteiger partial charge on any atom is 0.245 e. The SMILES string of the molecule is C=CC(=O)N1CCC(N2CC(c3ccc(OC/C(C)=C(C)\C(C)=C\N(C)N)c(C)c3)C2)CC1. The van der Waals surface area contributed by atoms with Crippen LogP contribution in [0.4, 0.5) is 0 Å². The number of piperidine rings is 1. The van der Waals surface area contributed by atoms with Crippen molar-refractivity contribution in [1.82, 2.24) is 14.8 Å². The molecule has 1 aromatic carbocycles. The lowest BCUT2D eigenvalue weighted by atomic mass is 9.87. The van der Waals surface area contributed by atoms with E-state index in [-0.39, 0.29) is 5.91 Å². The molecule has 0 atom stereocenters. The number of ether oxygens (including phenoxy) is 1. The molecular weight excluding hydrogens is 412 g/mol. The van der Waals surface area contributed by atoms with Crippen LogP contribution in [-0.4, -0.2) is 66.6 Å². The highest BCUT2D eigenvalue weighted by molar-refractivity contribution is 5.87. The number of hydrogen-bond donors (Lipinski definition) is 1. The van der Waals surface area contributed by atoms with Gasteiger partial charge in [-0.15, -0.1) is 0 Å². The molecule has 0 aliphatic carbocycles. The van der Waals surface area contributed by atoms with Gasteiger partial charge in [-0.3, -0.25) is 9.69 Å². The topological polar surface area (TPSA) is 62.0 Å². The molecular formula is C27H40N4O2. The molecule has 6 nitrogen and oxygen atoms in total. The van der Waals surface area contributed by atoms with Gasteiger partial charge in [0.05, 0.1) is 0 Å². The Labute approximate surface area is 199 Å². The van der Waals surface area contributed by atoms with Gasteiger partial charge in [0, 0.05) is 51.4 Å². The summed E-state index contributed by atoms with van der Waals surface area (Å²) in [6.45, 7) is 16.4. The van der Waals surface area contributed by atoms with Gasteiger partial charge in [0.1, 0.15) is 12.4 Å². The van der Waals surface area contributed by atoms with Crippen molar-refractivity contribution in [2.45, 2.75) is 52.5 Å². The van der Waals surface area contributed by atoms with Crippen LogP contribution < -0.4 is 10.6 Å². The van der Waals surface area contributed by atoms with Crippen LogP contribution in [-0.2, 0) is 4.79 Å². The van der Waals surface area contributed by atoms with Crippen molar-refractivity contribution in [3.63, 3.8) is 0 Å². The molecule has 2 saturated heterocycles. The van der Waals surface area contributed by atoms with E-state index in [0.717, 1.165) is 50.3 Å². The second kappa shape index (κ2) is 11.0. The minimum atomic E-state index is 0.0586. The molecule has 2 aliphatic heterocycles. The first-order chi connectivity index (χ1) is 15.7. The quantitative estimate of drug-likeness (QED) is 0.280. The van der Waals surface area contributed by atoms with Gasteiger partial charge in [-0.2, -0.15) is 0 Å². The first-order valence-corrected chi connectivity index (χ1v) is 11.9. The highest BCUT2D eigenvalue weighted by atomic mass is 16.5. The van der Waals surface area contributed by atoms with E-state index < -0.39 is 0 Å². The Kier molecular flexibility index (Phi) is 8.38. The minimum absolute atomic E-state index is 0.0586. The number of rotatable bonds is 8. The first kappa shape index (κ1) is 25.1. The van der Waals surface area contributed by atoms with Crippen LogP contribution in [0.5, 0.6) is 5.75 Å². The average Bonchev–Trinajstić information content (AvgIpc) is 2.76. The van der Waals surface area contributed by atoms with E-state index in [1.54, 1.807) is 5.01 Å². The summed E-state index contributed by atoms with van der Waals surface area (Å²) in [7, 11) is 1.82. The fourth-order valence-corrected chi connectivity index (χ4v) is 4.72. The maximum absolute atomic E-state index is 11.8. The fraction of sp³-hybridized carbons (Fsp3) is 0.519. The van der Waals surface area contributed by atoms with Crippen LogP contribution in [0.3, 0.4) is 0 Å².